The van der Waals surface area contributed by atoms with Gasteiger partial charge in [-0.15, -0.1) is 0 Å². The van der Waals surface area contributed by atoms with Crippen LogP contribution in [0, 0.1) is 0 Å². The molecule has 0 aromatic rings. The van der Waals surface area contributed by atoms with E-state index in [4.69, 9.17) is 10.8 Å². The maximum atomic E-state index is 11.8. The lowest BCUT2D eigenvalue weighted by Crippen LogP contribution is -2.47. The number of hydrogen-bond donors (Lipinski definition) is 2. The van der Waals surface area contributed by atoms with E-state index < -0.39 is 5.54 Å². The molecule has 1 rings (SSSR count). The molecule has 0 bridgehead atoms. The molecule has 4 nitrogen and oxygen atoms in total. The summed E-state index contributed by atoms with van der Waals surface area (Å²) in [5.41, 5.74) is 5.23. The molecule has 0 spiro atoms. The second-order valence-electron chi connectivity index (χ2n) is 4.03. The Morgan fingerprint density at radius 2 is 2.14 bits per heavy atom. The molecule has 0 aromatic heterocycles. The van der Waals surface area contributed by atoms with Crippen molar-refractivity contribution in [3.8, 4) is 0 Å². The molecule has 0 aromatic carbocycles. The summed E-state index contributed by atoms with van der Waals surface area (Å²) in [4.78, 5) is 13.5. The van der Waals surface area contributed by atoms with Crippen LogP contribution < -0.4 is 5.73 Å². The molecule has 0 atom stereocenters. The molecule has 1 amide bonds. The van der Waals surface area contributed by atoms with Crippen molar-refractivity contribution in [3.05, 3.63) is 0 Å². The van der Waals surface area contributed by atoms with Crippen LogP contribution in [-0.4, -0.2) is 41.1 Å². The van der Waals surface area contributed by atoms with Gasteiger partial charge in [0.25, 0.3) is 0 Å². The van der Waals surface area contributed by atoms with Gasteiger partial charge in [0.15, 0.2) is 0 Å². The van der Waals surface area contributed by atoms with E-state index in [0.717, 1.165) is 32.2 Å². The van der Waals surface area contributed by atoms with Gasteiger partial charge >= 0.3 is 0 Å². The van der Waals surface area contributed by atoms with Crippen LogP contribution in [0.2, 0.25) is 0 Å². The van der Waals surface area contributed by atoms with E-state index in [2.05, 4.69) is 6.92 Å². The molecule has 0 radical (unpaired) electrons. The van der Waals surface area contributed by atoms with Gasteiger partial charge in [0.05, 0.1) is 12.1 Å². The minimum Gasteiger partial charge on any atom is -0.395 e. The lowest BCUT2D eigenvalue weighted by molar-refractivity contribution is -0.134. The van der Waals surface area contributed by atoms with Gasteiger partial charge in [-0.1, -0.05) is 13.3 Å². The van der Waals surface area contributed by atoms with Crippen molar-refractivity contribution in [1.82, 2.24) is 4.90 Å². The topological polar surface area (TPSA) is 66.6 Å². The average Bonchev–Trinajstić information content (AvgIpc) is 2.91. The largest absolute Gasteiger partial charge is 0.395 e. The number of unbranched alkanes of at least 4 members (excludes halogenated alkanes) is 1. The van der Waals surface area contributed by atoms with Crippen LogP contribution in [0.25, 0.3) is 0 Å². The minimum atomic E-state index is -0.594. The third kappa shape index (κ3) is 2.69. The first-order chi connectivity index (χ1) is 6.64. The van der Waals surface area contributed by atoms with Gasteiger partial charge in [0.1, 0.15) is 0 Å². The van der Waals surface area contributed by atoms with Crippen molar-refractivity contribution in [2.45, 2.75) is 38.1 Å². The summed E-state index contributed by atoms with van der Waals surface area (Å²) in [6.07, 6.45) is 3.61. The molecule has 82 valence electrons. The van der Waals surface area contributed by atoms with E-state index in [9.17, 15) is 4.79 Å². The highest BCUT2D eigenvalue weighted by Gasteiger charge is 2.47. The first-order valence-electron chi connectivity index (χ1n) is 5.33. The maximum Gasteiger partial charge on any atom is 0.242 e. The number of carbonyl (C=O) groups is 1. The van der Waals surface area contributed by atoms with Crippen LogP contribution in [0.3, 0.4) is 0 Å². The average molecular weight is 200 g/mol. The summed E-state index contributed by atoms with van der Waals surface area (Å²) in [7, 11) is 0. The zero-order valence-electron chi connectivity index (χ0n) is 8.83. The number of nitrogens with zero attached hydrogens (tertiary/aromatic N) is 1. The highest BCUT2D eigenvalue weighted by molar-refractivity contribution is 5.89. The van der Waals surface area contributed by atoms with E-state index in [1.807, 2.05) is 0 Å². The van der Waals surface area contributed by atoms with E-state index >= 15 is 0 Å². The number of amides is 1. The number of rotatable bonds is 6. The smallest absolute Gasteiger partial charge is 0.242 e. The Hall–Kier alpha value is -0.610. The Morgan fingerprint density at radius 1 is 1.50 bits per heavy atom. The van der Waals surface area contributed by atoms with Crippen LogP contribution in [0.4, 0.5) is 0 Å². The first kappa shape index (κ1) is 11.5. The number of hydrogen-bond acceptors (Lipinski definition) is 3. The molecule has 3 N–H and O–H groups in total. The second-order valence-corrected chi connectivity index (χ2v) is 4.03. The second kappa shape index (κ2) is 4.75. The Bertz CT molecular complexity index is 202. The summed E-state index contributed by atoms with van der Waals surface area (Å²) in [6.45, 7) is 3.23. The third-order valence-electron chi connectivity index (χ3n) is 2.65. The third-order valence-corrected chi connectivity index (χ3v) is 2.65. The summed E-state index contributed by atoms with van der Waals surface area (Å²) in [5.74, 6) is 0.0139. The number of carbonyl (C=O) groups excluding carboxylic acids is 1. The molecular formula is C10H20N2O2. The first-order valence-corrected chi connectivity index (χ1v) is 5.33. The molecule has 1 saturated carbocycles. The molecule has 0 heterocycles. The van der Waals surface area contributed by atoms with Gasteiger partial charge in [-0.2, -0.15) is 0 Å². The monoisotopic (exact) mass is 200 g/mol. The molecule has 0 saturated heterocycles. The van der Waals surface area contributed by atoms with Gasteiger partial charge in [-0.25, -0.2) is 0 Å². The SMILES string of the molecule is CCCCN(CCO)C(=O)C1(N)CC1. The highest BCUT2D eigenvalue weighted by atomic mass is 16.3. The standard InChI is InChI=1S/C10H20N2O2/c1-2-3-6-12(7-8-13)9(14)10(11)4-5-10/h13H,2-8,11H2,1H3. The molecule has 0 aliphatic heterocycles. The van der Waals surface area contributed by atoms with Crippen molar-refractivity contribution in [2.24, 2.45) is 5.73 Å². The normalized spacial score (nSPS) is 17.9. The van der Waals surface area contributed by atoms with Gasteiger partial charge in [0, 0.05) is 13.1 Å². The molecule has 1 fully saturated rings. The van der Waals surface area contributed by atoms with Gasteiger partial charge in [-0.3, -0.25) is 4.79 Å². The number of nitrogens with two attached hydrogens (primary N) is 1. The van der Waals surface area contributed by atoms with Crippen LogP contribution in [-0.2, 0) is 4.79 Å². The molecule has 1 aliphatic carbocycles. The zero-order chi connectivity index (χ0) is 10.6. The van der Waals surface area contributed by atoms with Crippen molar-refractivity contribution in [3.63, 3.8) is 0 Å². The molecule has 0 unspecified atom stereocenters. The summed E-state index contributed by atoms with van der Waals surface area (Å²) in [5, 5.41) is 8.84. The quantitative estimate of drug-likeness (QED) is 0.639. The summed E-state index contributed by atoms with van der Waals surface area (Å²) in [6, 6.07) is 0. The molecule has 4 heteroatoms. The Labute approximate surface area is 85.1 Å². The molecule has 1 aliphatic rings. The molecular weight excluding hydrogens is 180 g/mol. The van der Waals surface area contributed by atoms with Crippen LogP contribution in [0.15, 0.2) is 0 Å². The number of aliphatic hydroxyl groups excluding tert-OH is 1. The fraction of sp³-hybridized carbons (Fsp3) is 0.900. The maximum absolute atomic E-state index is 11.8. The Balaban J connectivity index is 2.44. The number of aliphatic hydroxyl groups is 1. The van der Waals surface area contributed by atoms with Crippen LogP contribution in [0.1, 0.15) is 32.6 Å². The lowest BCUT2D eigenvalue weighted by Gasteiger charge is -2.24. The van der Waals surface area contributed by atoms with Crippen molar-refractivity contribution >= 4 is 5.91 Å². The van der Waals surface area contributed by atoms with Crippen molar-refractivity contribution < 1.29 is 9.90 Å². The van der Waals surface area contributed by atoms with E-state index in [-0.39, 0.29) is 12.5 Å². The Morgan fingerprint density at radius 3 is 2.57 bits per heavy atom. The predicted octanol–water partition coefficient (Wildman–Crippen LogP) is 0.0987. The Kier molecular flexibility index (Phi) is 3.89. The summed E-state index contributed by atoms with van der Waals surface area (Å²) >= 11 is 0. The summed E-state index contributed by atoms with van der Waals surface area (Å²) < 4.78 is 0. The minimum absolute atomic E-state index is 0.0139. The van der Waals surface area contributed by atoms with Crippen molar-refractivity contribution in [1.29, 1.82) is 0 Å². The fourth-order valence-corrected chi connectivity index (χ4v) is 1.45. The van der Waals surface area contributed by atoms with Gasteiger partial charge in [0.2, 0.25) is 5.91 Å². The lowest BCUT2D eigenvalue weighted by atomic mass is 10.2. The zero-order valence-corrected chi connectivity index (χ0v) is 8.83. The fourth-order valence-electron chi connectivity index (χ4n) is 1.45. The predicted molar refractivity (Wildman–Crippen MR) is 54.7 cm³/mol. The molecule has 14 heavy (non-hydrogen) atoms. The van der Waals surface area contributed by atoms with Crippen molar-refractivity contribution in [2.75, 3.05) is 19.7 Å². The highest BCUT2D eigenvalue weighted by Crippen LogP contribution is 2.34. The van der Waals surface area contributed by atoms with Crippen LogP contribution >= 0.6 is 0 Å². The van der Waals surface area contributed by atoms with Crippen LogP contribution in [0.5, 0.6) is 0 Å². The van der Waals surface area contributed by atoms with Gasteiger partial charge in [-0.05, 0) is 19.3 Å². The van der Waals surface area contributed by atoms with E-state index in [1.54, 1.807) is 4.90 Å². The van der Waals surface area contributed by atoms with E-state index in [1.165, 1.54) is 0 Å². The van der Waals surface area contributed by atoms with Gasteiger partial charge < -0.3 is 15.7 Å². The van der Waals surface area contributed by atoms with E-state index in [0.29, 0.717) is 6.54 Å².